The Kier molecular flexibility index (Phi) is 20.8. The van der Waals surface area contributed by atoms with Crippen molar-refractivity contribution in [1.82, 2.24) is 15.1 Å². The molecule has 0 saturated carbocycles. The molecule has 9 N–H and O–H groups in total. The van der Waals surface area contributed by atoms with Gasteiger partial charge in [-0.05, 0) is 79.7 Å². The number of rotatable bonds is 28. The van der Waals surface area contributed by atoms with Crippen molar-refractivity contribution in [3.63, 3.8) is 0 Å². The quantitative estimate of drug-likeness (QED) is 0.0438. The number of amides is 4. The van der Waals surface area contributed by atoms with Crippen molar-refractivity contribution in [3.05, 3.63) is 102 Å². The van der Waals surface area contributed by atoms with E-state index in [-0.39, 0.29) is 50.4 Å². The maximum Gasteiger partial charge on any atom is 0.329 e. The number of nitrogens with one attached hydrogen (secondary N) is 1. The lowest BCUT2D eigenvalue weighted by Crippen LogP contribution is -2.62. The molecule has 0 saturated heterocycles. The smallest absolute Gasteiger partial charge is 0.329 e. The summed E-state index contributed by atoms with van der Waals surface area (Å²) >= 11 is 0. The van der Waals surface area contributed by atoms with Gasteiger partial charge in [-0.2, -0.15) is 0 Å². The van der Waals surface area contributed by atoms with Crippen molar-refractivity contribution in [2.45, 2.75) is 121 Å². The van der Waals surface area contributed by atoms with Gasteiger partial charge in [0.05, 0.1) is 18.1 Å². The number of carbonyl (C=O) groups is 5. The zero-order valence-electron chi connectivity index (χ0n) is 34.8. The van der Waals surface area contributed by atoms with Crippen LogP contribution in [0, 0.1) is 5.92 Å². The van der Waals surface area contributed by atoms with Crippen LogP contribution in [0.3, 0.4) is 0 Å². The number of carbonyl (C=O) groups excluding carboxylic acids is 4. The minimum atomic E-state index is -1.61. The Balaban J connectivity index is 1.82. The number of nitrogens with zero attached hydrogens (tertiary/aromatic N) is 2. The molecule has 0 aliphatic heterocycles. The third kappa shape index (κ3) is 15.9. The summed E-state index contributed by atoms with van der Waals surface area (Å²) in [4.78, 5) is 68.7. The number of unbranched alkanes of at least 4 members (excludes halogenated alkanes) is 6. The summed E-state index contributed by atoms with van der Waals surface area (Å²) in [6.07, 6.45) is 6.57. The number of hydrogen-bond donors (Lipinski definition) is 6. The van der Waals surface area contributed by atoms with E-state index < -0.39 is 47.4 Å². The number of nitrogens with two attached hydrogens (primary N) is 3. The third-order valence-electron chi connectivity index (χ3n) is 10.7. The zero-order chi connectivity index (χ0) is 43.2. The Morgan fingerprint density at radius 1 is 0.661 bits per heavy atom. The predicted molar refractivity (Wildman–Crippen MR) is 230 cm³/mol. The second-order valence-electron chi connectivity index (χ2n) is 16.0. The minimum Gasteiger partial charge on any atom is -0.508 e. The molecule has 4 atom stereocenters. The first-order valence-corrected chi connectivity index (χ1v) is 21.0. The van der Waals surface area contributed by atoms with Crippen LogP contribution >= 0.6 is 0 Å². The predicted octanol–water partition coefficient (Wildman–Crippen LogP) is 4.71. The molecular formula is C46H66N6O7. The van der Waals surface area contributed by atoms with Crippen LogP contribution in [0.5, 0.6) is 5.75 Å². The molecule has 13 nitrogen and oxygen atoms in total. The summed E-state index contributed by atoms with van der Waals surface area (Å²) in [6.45, 7) is 4.70. The molecule has 0 spiro atoms. The fourth-order valence-corrected chi connectivity index (χ4v) is 7.50. The van der Waals surface area contributed by atoms with E-state index in [4.69, 9.17) is 17.2 Å². The second-order valence-corrected chi connectivity index (χ2v) is 16.0. The van der Waals surface area contributed by atoms with Gasteiger partial charge in [0.15, 0.2) is 0 Å². The van der Waals surface area contributed by atoms with Gasteiger partial charge in [0.1, 0.15) is 11.3 Å². The molecule has 3 rings (SSSR count). The molecule has 0 aliphatic rings. The number of carboxylic acids is 1. The average Bonchev–Trinajstić information content (AvgIpc) is 3.21. The Morgan fingerprint density at radius 3 is 1.75 bits per heavy atom. The maximum absolute atomic E-state index is 14.5. The molecule has 0 aromatic heterocycles. The molecule has 0 heterocycles. The topological polar surface area (TPSA) is 222 Å². The third-order valence-corrected chi connectivity index (χ3v) is 10.7. The van der Waals surface area contributed by atoms with Crippen LogP contribution < -0.4 is 22.5 Å². The lowest BCUT2D eigenvalue weighted by Gasteiger charge is -2.42. The van der Waals surface area contributed by atoms with Crippen LogP contribution in [0.4, 0.5) is 0 Å². The minimum absolute atomic E-state index is 0.0760. The Labute approximate surface area is 349 Å². The van der Waals surface area contributed by atoms with Crippen LogP contribution in [0.2, 0.25) is 0 Å². The fourth-order valence-electron chi connectivity index (χ4n) is 7.50. The van der Waals surface area contributed by atoms with E-state index in [1.807, 2.05) is 74.5 Å². The van der Waals surface area contributed by atoms with Gasteiger partial charge in [-0.1, -0.05) is 119 Å². The number of aromatic hydroxyl groups is 1. The van der Waals surface area contributed by atoms with Crippen LogP contribution in [0.1, 0.15) is 94.7 Å². The van der Waals surface area contributed by atoms with E-state index in [1.165, 1.54) is 21.9 Å². The number of phenols is 1. The number of hydrogen-bond acceptors (Lipinski definition) is 9. The molecular weight excluding hydrogens is 749 g/mol. The maximum atomic E-state index is 14.5. The van der Waals surface area contributed by atoms with E-state index in [0.717, 1.165) is 29.5 Å². The van der Waals surface area contributed by atoms with Gasteiger partial charge >= 0.3 is 5.97 Å². The SMILES string of the molecule is CC(C)C[C@H](N)C(=O)N(CCCCCCN(C(=O)[C@@H](N)Cc1ccc(O)cc1)[C@@](CCCCCCNC=O)(Cc1ccccc1)C(=O)O)C(=O)[C@@H](N)Cc1ccccc1. The molecule has 13 heteroatoms. The molecule has 3 aromatic carbocycles. The Bertz CT molecular complexity index is 1730. The van der Waals surface area contributed by atoms with Gasteiger partial charge in [-0.25, -0.2) is 4.79 Å². The average molecular weight is 815 g/mol. The highest BCUT2D eigenvalue weighted by Crippen LogP contribution is 2.31. The number of carboxylic acid groups (broad SMARTS) is 1. The molecule has 3 aromatic rings. The molecule has 0 fully saturated rings. The van der Waals surface area contributed by atoms with Crippen LogP contribution in [0.15, 0.2) is 84.9 Å². The van der Waals surface area contributed by atoms with Crippen molar-refractivity contribution in [3.8, 4) is 5.75 Å². The first-order chi connectivity index (χ1) is 28.3. The number of phenolic OH excluding ortho intramolecular Hbond substituents is 1. The fraction of sp³-hybridized carbons (Fsp3) is 0.500. The lowest BCUT2D eigenvalue weighted by molar-refractivity contribution is -0.161. The summed E-state index contributed by atoms with van der Waals surface area (Å²) in [6, 6.07) is 22.2. The highest BCUT2D eigenvalue weighted by atomic mass is 16.4. The van der Waals surface area contributed by atoms with Crippen LogP contribution in [0.25, 0.3) is 0 Å². The van der Waals surface area contributed by atoms with Crippen molar-refractivity contribution < 1.29 is 34.2 Å². The van der Waals surface area contributed by atoms with Crippen molar-refractivity contribution in [2.75, 3.05) is 19.6 Å². The van der Waals surface area contributed by atoms with Gasteiger partial charge in [0.2, 0.25) is 24.1 Å². The Morgan fingerprint density at radius 2 is 1.17 bits per heavy atom. The number of aliphatic carboxylic acids is 1. The van der Waals surface area contributed by atoms with Crippen LogP contribution in [-0.4, -0.2) is 93.4 Å². The van der Waals surface area contributed by atoms with Gasteiger partial charge in [0.25, 0.3) is 0 Å². The summed E-state index contributed by atoms with van der Waals surface area (Å²) in [5.74, 6) is -2.32. The monoisotopic (exact) mass is 814 g/mol. The number of imide groups is 1. The zero-order valence-corrected chi connectivity index (χ0v) is 34.8. The van der Waals surface area contributed by atoms with Gasteiger partial charge in [0, 0.05) is 26.1 Å². The van der Waals surface area contributed by atoms with Crippen molar-refractivity contribution in [1.29, 1.82) is 0 Å². The highest BCUT2D eigenvalue weighted by Gasteiger charge is 2.47. The molecule has 4 amide bonds. The molecule has 0 aliphatic carbocycles. The standard InChI is InChI=1S/C46H66N6O7/c1-34(2)29-39(47)42(55)51(43(56)40(48)30-35-17-9-7-10-18-35)27-15-5-6-16-28-52(44(57)41(49)31-36-21-23-38(54)24-22-36)46(45(58)59,32-37-19-11-8-12-20-37)25-13-3-4-14-26-50-33-53/h7-12,17-24,33-34,39-41,54H,3-6,13-16,25-32,47-49H2,1-2H3,(H,50,53)(H,58,59)/t39-,40-,41-,46-/m0/s1. The lowest BCUT2D eigenvalue weighted by atomic mass is 9.82. The molecule has 0 unspecified atom stereocenters. The highest BCUT2D eigenvalue weighted by molar-refractivity contribution is 6.00. The Hall–Kier alpha value is -5.11. The largest absolute Gasteiger partial charge is 0.508 e. The summed E-state index contributed by atoms with van der Waals surface area (Å²) in [7, 11) is 0. The molecule has 0 bridgehead atoms. The van der Waals surface area contributed by atoms with E-state index in [1.54, 1.807) is 12.1 Å². The van der Waals surface area contributed by atoms with Gasteiger partial charge in [-0.15, -0.1) is 0 Å². The van der Waals surface area contributed by atoms with E-state index >= 15 is 0 Å². The van der Waals surface area contributed by atoms with E-state index in [9.17, 15) is 34.2 Å². The summed E-state index contributed by atoms with van der Waals surface area (Å²) in [5.41, 5.74) is 20.0. The van der Waals surface area contributed by atoms with E-state index in [2.05, 4.69) is 5.32 Å². The van der Waals surface area contributed by atoms with Gasteiger partial charge in [-0.3, -0.25) is 24.1 Å². The normalized spacial score (nSPS) is 13.8. The van der Waals surface area contributed by atoms with Crippen molar-refractivity contribution >= 4 is 30.1 Å². The summed E-state index contributed by atoms with van der Waals surface area (Å²) in [5, 5.41) is 23.6. The first kappa shape index (κ1) is 48.3. The molecule has 59 heavy (non-hydrogen) atoms. The second kappa shape index (κ2) is 25.4. The van der Waals surface area contributed by atoms with Crippen molar-refractivity contribution in [2.24, 2.45) is 23.1 Å². The van der Waals surface area contributed by atoms with Crippen LogP contribution in [-0.2, 0) is 43.2 Å². The van der Waals surface area contributed by atoms with Gasteiger partial charge < -0.3 is 37.6 Å². The first-order valence-electron chi connectivity index (χ1n) is 21.0. The number of benzene rings is 3. The molecule has 0 radical (unpaired) electrons. The summed E-state index contributed by atoms with van der Waals surface area (Å²) < 4.78 is 0. The molecule has 322 valence electrons. The van der Waals surface area contributed by atoms with E-state index in [0.29, 0.717) is 57.9 Å².